The van der Waals surface area contributed by atoms with Gasteiger partial charge < -0.3 is 4.74 Å². The van der Waals surface area contributed by atoms with Gasteiger partial charge in [0.05, 0.1) is 0 Å². The molecule has 0 saturated carbocycles. The van der Waals surface area contributed by atoms with E-state index in [9.17, 15) is 0 Å². The normalized spacial score (nSPS) is 16.9. The van der Waals surface area contributed by atoms with E-state index in [1.54, 1.807) is 0 Å². The molecule has 0 radical (unpaired) electrons. The van der Waals surface area contributed by atoms with Crippen LogP contribution >= 0.6 is 0 Å². The minimum atomic E-state index is 1.07. The molecule has 1 rings (SSSR count). The summed E-state index contributed by atoms with van der Waals surface area (Å²) in [4.78, 5) is 0. The molecule has 40 valence electrons. The molecule has 0 spiro atoms. The SMILES string of the molecule is CCC1=C(CC)O1. The summed E-state index contributed by atoms with van der Waals surface area (Å²) < 4.78 is 5.05. The molecule has 0 aliphatic carbocycles. The molecule has 0 aromatic rings. The second kappa shape index (κ2) is 1.57. The van der Waals surface area contributed by atoms with E-state index in [1.165, 1.54) is 11.5 Å². The smallest absolute Gasteiger partial charge is 0.142 e. The molecule has 1 aliphatic rings. The topological polar surface area (TPSA) is 12.5 Å². The highest BCUT2D eigenvalue weighted by molar-refractivity contribution is 5.15. The van der Waals surface area contributed by atoms with Crippen LogP contribution in [0.5, 0.6) is 0 Å². The molecule has 0 amide bonds. The average Bonchev–Trinajstić information content (AvgIpc) is 2.43. The summed E-state index contributed by atoms with van der Waals surface area (Å²) in [6.07, 6.45) is 2.15. The van der Waals surface area contributed by atoms with Crippen LogP contribution in [0, 0.1) is 0 Å². The van der Waals surface area contributed by atoms with Crippen LogP contribution in [0.1, 0.15) is 26.7 Å². The Bertz CT molecular complexity index is 90.7. The molecule has 0 aromatic carbocycles. The molecule has 0 saturated heterocycles. The van der Waals surface area contributed by atoms with Crippen molar-refractivity contribution in [3.05, 3.63) is 11.5 Å². The molecule has 0 unspecified atom stereocenters. The van der Waals surface area contributed by atoms with Gasteiger partial charge in [-0.05, 0) is 0 Å². The third kappa shape index (κ3) is 0.763. The molecule has 0 aromatic heterocycles. The molecule has 0 fully saturated rings. The fourth-order valence-corrected chi connectivity index (χ4v) is 0.662. The van der Waals surface area contributed by atoms with E-state index in [0.29, 0.717) is 0 Å². The second-order valence-electron chi connectivity index (χ2n) is 1.66. The summed E-state index contributed by atoms with van der Waals surface area (Å²) in [7, 11) is 0. The predicted molar refractivity (Wildman–Crippen MR) is 28.7 cm³/mol. The quantitative estimate of drug-likeness (QED) is 0.515. The maximum atomic E-state index is 5.05. The third-order valence-electron chi connectivity index (χ3n) is 1.16. The maximum Gasteiger partial charge on any atom is 0.142 e. The van der Waals surface area contributed by atoms with Gasteiger partial charge in [-0.15, -0.1) is 0 Å². The van der Waals surface area contributed by atoms with E-state index in [1.807, 2.05) is 0 Å². The van der Waals surface area contributed by atoms with Gasteiger partial charge in [-0.25, -0.2) is 0 Å². The van der Waals surface area contributed by atoms with E-state index < -0.39 is 0 Å². The first-order valence-electron chi connectivity index (χ1n) is 2.78. The van der Waals surface area contributed by atoms with Crippen molar-refractivity contribution >= 4 is 0 Å². The van der Waals surface area contributed by atoms with Crippen molar-refractivity contribution in [2.45, 2.75) is 26.7 Å². The van der Waals surface area contributed by atoms with Crippen LogP contribution < -0.4 is 0 Å². The Morgan fingerprint density at radius 3 is 1.71 bits per heavy atom. The van der Waals surface area contributed by atoms with Crippen molar-refractivity contribution in [1.29, 1.82) is 0 Å². The van der Waals surface area contributed by atoms with Crippen LogP contribution in [-0.2, 0) is 4.74 Å². The first-order chi connectivity index (χ1) is 3.38. The Labute approximate surface area is 44.0 Å². The van der Waals surface area contributed by atoms with Gasteiger partial charge in [0.15, 0.2) is 0 Å². The lowest BCUT2D eigenvalue weighted by molar-refractivity contribution is 0.448. The van der Waals surface area contributed by atoms with Gasteiger partial charge >= 0.3 is 0 Å². The molecule has 1 aliphatic heterocycles. The van der Waals surface area contributed by atoms with E-state index in [4.69, 9.17) is 4.74 Å². The average molecular weight is 98.1 g/mol. The summed E-state index contributed by atoms with van der Waals surface area (Å²) in [5.74, 6) is 2.42. The summed E-state index contributed by atoms with van der Waals surface area (Å²) in [5, 5.41) is 0. The van der Waals surface area contributed by atoms with Crippen molar-refractivity contribution < 1.29 is 4.74 Å². The highest BCUT2D eigenvalue weighted by Crippen LogP contribution is 2.30. The molecule has 0 atom stereocenters. The standard InChI is InChI=1S/C6H10O/c1-3-5-6(4-2)7-5/h3-4H2,1-2H3. The zero-order valence-electron chi connectivity index (χ0n) is 4.82. The number of rotatable bonds is 2. The highest BCUT2D eigenvalue weighted by atomic mass is 16.6. The first-order valence-corrected chi connectivity index (χ1v) is 2.78. The maximum absolute atomic E-state index is 5.05. The van der Waals surface area contributed by atoms with Crippen molar-refractivity contribution in [2.24, 2.45) is 0 Å². The summed E-state index contributed by atoms with van der Waals surface area (Å²) in [6.45, 7) is 4.22. The Morgan fingerprint density at radius 1 is 1.14 bits per heavy atom. The molecule has 1 heterocycles. The van der Waals surface area contributed by atoms with Gasteiger partial charge in [0.25, 0.3) is 0 Å². The minimum Gasteiger partial charge on any atom is -0.459 e. The Hall–Kier alpha value is -0.460. The molecule has 1 nitrogen and oxygen atoms in total. The van der Waals surface area contributed by atoms with E-state index in [0.717, 1.165) is 12.8 Å². The van der Waals surface area contributed by atoms with Crippen LogP contribution in [0.2, 0.25) is 0 Å². The first kappa shape index (κ1) is 4.69. The molecule has 7 heavy (non-hydrogen) atoms. The molecular formula is C6H10O. The number of hydrogen-bond acceptors (Lipinski definition) is 1. The molecule has 0 bridgehead atoms. The molecular weight excluding hydrogens is 88.1 g/mol. The van der Waals surface area contributed by atoms with Gasteiger partial charge in [0, 0.05) is 12.8 Å². The molecule has 1 heteroatoms. The Balaban J connectivity index is 2.32. The zero-order valence-corrected chi connectivity index (χ0v) is 4.82. The predicted octanol–water partition coefficient (Wildman–Crippen LogP) is 2.05. The summed E-state index contributed by atoms with van der Waals surface area (Å²) in [6, 6.07) is 0. The summed E-state index contributed by atoms with van der Waals surface area (Å²) in [5.41, 5.74) is 0. The monoisotopic (exact) mass is 98.1 g/mol. The van der Waals surface area contributed by atoms with E-state index in [-0.39, 0.29) is 0 Å². The number of allylic oxidation sites excluding steroid dienone is 2. The van der Waals surface area contributed by atoms with Crippen molar-refractivity contribution in [3.8, 4) is 0 Å². The Morgan fingerprint density at radius 2 is 1.57 bits per heavy atom. The van der Waals surface area contributed by atoms with Crippen LogP contribution in [0.15, 0.2) is 11.5 Å². The highest BCUT2D eigenvalue weighted by Gasteiger charge is 2.19. The van der Waals surface area contributed by atoms with Crippen LogP contribution in [0.25, 0.3) is 0 Å². The van der Waals surface area contributed by atoms with E-state index >= 15 is 0 Å². The van der Waals surface area contributed by atoms with Crippen molar-refractivity contribution in [1.82, 2.24) is 0 Å². The zero-order chi connectivity index (χ0) is 5.28. The summed E-state index contributed by atoms with van der Waals surface area (Å²) >= 11 is 0. The fourth-order valence-electron chi connectivity index (χ4n) is 0.662. The van der Waals surface area contributed by atoms with Gasteiger partial charge in [0.2, 0.25) is 0 Å². The lowest BCUT2D eigenvalue weighted by Gasteiger charge is -1.69. The van der Waals surface area contributed by atoms with Crippen molar-refractivity contribution in [2.75, 3.05) is 0 Å². The largest absolute Gasteiger partial charge is 0.459 e. The van der Waals surface area contributed by atoms with Crippen LogP contribution in [0.3, 0.4) is 0 Å². The lowest BCUT2D eigenvalue weighted by Crippen LogP contribution is -1.51. The lowest BCUT2D eigenvalue weighted by atomic mass is 10.4. The number of hydrogen-bond donors (Lipinski definition) is 0. The van der Waals surface area contributed by atoms with Gasteiger partial charge in [0.1, 0.15) is 11.5 Å². The number of ether oxygens (including phenoxy) is 1. The van der Waals surface area contributed by atoms with Gasteiger partial charge in [-0.3, -0.25) is 0 Å². The second-order valence-corrected chi connectivity index (χ2v) is 1.66. The minimum absolute atomic E-state index is 1.07. The van der Waals surface area contributed by atoms with E-state index in [2.05, 4.69) is 13.8 Å². The van der Waals surface area contributed by atoms with Crippen LogP contribution in [0.4, 0.5) is 0 Å². The fraction of sp³-hybridized carbons (Fsp3) is 0.667. The van der Waals surface area contributed by atoms with Gasteiger partial charge in [-0.2, -0.15) is 0 Å². The van der Waals surface area contributed by atoms with Crippen LogP contribution in [-0.4, -0.2) is 0 Å². The molecule has 0 N–H and O–H groups in total. The van der Waals surface area contributed by atoms with Crippen molar-refractivity contribution in [3.63, 3.8) is 0 Å². The Kier molecular flexibility index (Phi) is 1.05. The van der Waals surface area contributed by atoms with Gasteiger partial charge in [-0.1, -0.05) is 13.8 Å². The third-order valence-corrected chi connectivity index (χ3v) is 1.16.